The molecule has 0 atom stereocenters. The second kappa shape index (κ2) is 10.5. The lowest BCUT2D eigenvalue weighted by molar-refractivity contribution is -0.384. The van der Waals surface area contributed by atoms with Gasteiger partial charge in [0.25, 0.3) is 21.6 Å². The summed E-state index contributed by atoms with van der Waals surface area (Å²) in [6, 6.07) is 17.3. The van der Waals surface area contributed by atoms with Crippen molar-refractivity contribution in [3.63, 3.8) is 0 Å². The number of hydrogen-bond donors (Lipinski definition) is 1. The van der Waals surface area contributed by atoms with Crippen molar-refractivity contribution in [2.45, 2.75) is 32.6 Å². The summed E-state index contributed by atoms with van der Waals surface area (Å²) < 4.78 is 28.0. The molecular weight excluding hydrogens is 468 g/mol. The van der Waals surface area contributed by atoms with Crippen LogP contribution in [0.1, 0.15) is 29.2 Å². The van der Waals surface area contributed by atoms with Gasteiger partial charge in [0, 0.05) is 12.1 Å². The molecule has 0 bridgehead atoms. The minimum atomic E-state index is -4.04. The highest BCUT2D eigenvalue weighted by atomic mass is 32.2. The van der Waals surface area contributed by atoms with E-state index < -0.39 is 27.4 Å². The molecule has 3 aromatic carbocycles. The molecule has 9 nitrogen and oxygen atoms in total. The first-order valence-corrected chi connectivity index (χ1v) is 12.2. The van der Waals surface area contributed by atoms with Crippen molar-refractivity contribution in [1.82, 2.24) is 5.43 Å². The number of nitrogens with one attached hydrogen (secondary N) is 1. The number of benzene rings is 3. The summed E-state index contributed by atoms with van der Waals surface area (Å²) >= 11 is 0. The number of carbonyl (C=O) groups is 1. The van der Waals surface area contributed by atoms with Crippen molar-refractivity contribution in [1.29, 1.82) is 0 Å². The Hall–Kier alpha value is -4.05. The lowest BCUT2D eigenvalue weighted by atomic mass is 10.1. The third kappa shape index (κ3) is 6.10. The van der Waals surface area contributed by atoms with E-state index in [9.17, 15) is 23.3 Å². The average molecular weight is 495 g/mol. The van der Waals surface area contributed by atoms with Crippen LogP contribution in [-0.4, -0.2) is 31.5 Å². The number of amides is 1. The number of sulfonamides is 1. The smallest absolute Gasteiger partial charge is 0.269 e. The van der Waals surface area contributed by atoms with E-state index in [0.29, 0.717) is 17.0 Å². The molecule has 0 aliphatic carbocycles. The second-order valence-corrected chi connectivity index (χ2v) is 9.99. The van der Waals surface area contributed by atoms with Crippen LogP contribution in [0.25, 0.3) is 0 Å². The molecule has 0 aromatic heterocycles. The number of non-ortho nitro benzene ring substituents is 1. The largest absolute Gasteiger partial charge is 0.271 e. The SMILES string of the molecule is C/C(=N/NC(=O)CN(c1ccc(C)c(C)c1)S(=O)(=O)c1ccc(C)cc1)c1ccc([N+](=O)[O-])cc1. The summed E-state index contributed by atoms with van der Waals surface area (Å²) in [4.78, 5) is 23.2. The first-order valence-electron chi connectivity index (χ1n) is 10.7. The highest BCUT2D eigenvalue weighted by Crippen LogP contribution is 2.26. The van der Waals surface area contributed by atoms with Crippen LogP contribution in [0.5, 0.6) is 0 Å². The summed E-state index contributed by atoms with van der Waals surface area (Å²) in [5.41, 5.74) is 6.47. The van der Waals surface area contributed by atoms with Crippen LogP contribution >= 0.6 is 0 Å². The van der Waals surface area contributed by atoms with Gasteiger partial charge in [-0.3, -0.25) is 19.2 Å². The Labute approximate surface area is 204 Å². The Morgan fingerprint density at radius 2 is 1.60 bits per heavy atom. The molecular formula is C25H26N4O5S. The Bertz CT molecular complexity index is 1380. The molecule has 0 spiro atoms. The topological polar surface area (TPSA) is 122 Å². The van der Waals surface area contributed by atoms with Crippen molar-refractivity contribution in [2.75, 3.05) is 10.8 Å². The molecule has 1 amide bonds. The van der Waals surface area contributed by atoms with Gasteiger partial charge in [-0.05, 0) is 80.8 Å². The monoisotopic (exact) mass is 494 g/mol. The minimum Gasteiger partial charge on any atom is -0.271 e. The maximum atomic E-state index is 13.5. The first-order chi connectivity index (χ1) is 16.5. The van der Waals surface area contributed by atoms with Gasteiger partial charge in [-0.25, -0.2) is 13.8 Å². The molecule has 0 saturated carbocycles. The fraction of sp³-hybridized carbons (Fsp3) is 0.200. The molecule has 182 valence electrons. The van der Waals surface area contributed by atoms with E-state index in [2.05, 4.69) is 10.5 Å². The van der Waals surface area contributed by atoms with Crippen LogP contribution < -0.4 is 9.73 Å². The van der Waals surface area contributed by atoms with Crippen molar-refractivity contribution in [3.8, 4) is 0 Å². The number of aryl methyl sites for hydroxylation is 3. The van der Waals surface area contributed by atoms with Gasteiger partial charge >= 0.3 is 0 Å². The maximum Gasteiger partial charge on any atom is 0.269 e. The molecule has 0 fully saturated rings. The zero-order chi connectivity index (χ0) is 25.8. The summed E-state index contributed by atoms with van der Waals surface area (Å²) in [6.07, 6.45) is 0. The molecule has 0 saturated heterocycles. The lowest BCUT2D eigenvalue weighted by Gasteiger charge is -2.24. The predicted octanol–water partition coefficient (Wildman–Crippen LogP) is 4.26. The number of anilines is 1. The molecule has 3 rings (SSSR count). The normalized spacial score (nSPS) is 11.7. The zero-order valence-corrected chi connectivity index (χ0v) is 20.7. The summed E-state index contributed by atoms with van der Waals surface area (Å²) in [5, 5.41) is 14.9. The van der Waals surface area contributed by atoms with Crippen LogP contribution in [0.4, 0.5) is 11.4 Å². The molecule has 1 N–H and O–H groups in total. The van der Waals surface area contributed by atoms with Gasteiger partial charge in [-0.2, -0.15) is 5.10 Å². The van der Waals surface area contributed by atoms with Gasteiger partial charge in [0.2, 0.25) is 0 Å². The fourth-order valence-electron chi connectivity index (χ4n) is 3.23. The molecule has 0 aliphatic rings. The lowest BCUT2D eigenvalue weighted by Crippen LogP contribution is -2.39. The van der Waals surface area contributed by atoms with Gasteiger partial charge in [-0.1, -0.05) is 23.8 Å². The van der Waals surface area contributed by atoms with Crippen LogP contribution in [0.3, 0.4) is 0 Å². The third-order valence-corrected chi connectivity index (χ3v) is 7.31. The van der Waals surface area contributed by atoms with Gasteiger partial charge in [0.05, 0.1) is 21.2 Å². The summed E-state index contributed by atoms with van der Waals surface area (Å²) in [6.45, 7) is 6.78. The molecule has 0 radical (unpaired) electrons. The zero-order valence-electron chi connectivity index (χ0n) is 19.8. The van der Waals surface area contributed by atoms with E-state index in [1.54, 1.807) is 37.3 Å². The third-order valence-electron chi connectivity index (χ3n) is 5.52. The van der Waals surface area contributed by atoms with E-state index in [4.69, 9.17) is 0 Å². The van der Waals surface area contributed by atoms with Gasteiger partial charge < -0.3 is 0 Å². The van der Waals surface area contributed by atoms with Gasteiger partial charge in [0.1, 0.15) is 6.54 Å². The quantitative estimate of drug-likeness (QED) is 0.285. The first kappa shape index (κ1) is 25.6. The minimum absolute atomic E-state index is 0.0593. The molecule has 0 aliphatic heterocycles. The second-order valence-electron chi connectivity index (χ2n) is 8.13. The van der Waals surface area contributed by atoms with Crippen LogP contribution in [0.15, 0.2) is 76.7 Å². The molecule has 10 heteroatoms. The maximum absolute atomic E-state index is 13.5. The number of carbonyl (C=O) groups excluding carboxylic acids is 1. The van der Waals surface area contributed by atoms with Crippen molar-refractivity contribution in [2.24, 2.45) is 5.10 Å². The Morgan fingerprint density at radius 1 is 0.971 bits per heavy atom. The predicted molar refractivity (Wildman–Crippen MR) is 135 cm³/mol. The van der Waals surface area contributed by atoms with E-state index in [1.807, 2.05) is 20.8 Å². The van der Waals surface area contributed by atoms with Crippen molar-refractivity contribution < 1.29 is 18.1 Å². The number of hydrazone groups is 1. The number of hydrogen-bond acceptors (Lipinski definition) is 6. The van der Waals surface area contributed by atoms with E-state index in [-0.39, 0.29) is 10.6 Å². The van der Waals surface area contributed by atoms with Crippen LogP contribution in [0.2, 0.25) is 0 Å². The highest BCUT2D eigenvalue weighted by Gasteiger charge is 2.27. The fourth-order valence-corrected chi connectivity index (χ4v) is 4.65. The van der Waals surface area contributed by atoms with E-state index >= 15 is 0 Å². The average Bonchev–Trinajstić information content (AvgIpc) is 2.83. The standard InChI is InChI=1S/C25H26N4O5S/c1-17-5-13-24(14-6-17)35(33,34)28(23-10-7-18(2)19(3)15-23)16-25(30)27-26-20(4)21-8-11-22(12-9-21)29(31)32/h5-15H,16H2,1-4H3,(H,27,30)/b26-20-. The summed E-state index contributed by atoms with van der Waals surface area (Å²) in [5.74, 6) is -0.639. The molecule has 35 heavy (non-hydrogen) atoms. The Morgan fingerprint density at radius 3 is 2.17 bits per heavy atom. The Kier molecular flexibility index (Phi) is 7.65. The Balaban J connectivity index is 1.87. The van der Waals surface area contributed by atoms with Crippen molar-refractivity contribution >= 4 is 33.0 Å². The van der Waals surface area contributed by atoms with Gasteiger partial charge in [0.15, 0.2) is 0 Å². The van der Waals surface area contributed by atoms with Gasteiger partial charge in [-0.15, -0.1) is 0 Å². The number of nitrogens with zero attached hydrogens (tertiary/aromatic N) is 3. The van der Waals surface area contributed by atoms with Crippen LogP contribution in [-0.2, 0) is 14.8 Å². The van der Waals surface area contributed by atoms with Crippen molar-refractivity contribution in [3.05, 3.63) is 99.1 Å². The van der Waals surface area contributed by atoms with Crippen LogP contribution in [0, 0.1) is 30.9 Å². The molecule has 3 aromatic rings. The van der Waals surface area contributed by atoms with E-state index in [0.717, 1.165) is 21.0 Å². The molecule has 0 heterocycles. The number of nitro groups is 1. The number of nitro benzene ring substituents is 1. The summed E-state index contributed by atoms with van der Waals surface area (Å²) in [7, 11) is -4.04. The highest BCUT2D eigenvalue weighted by molar-refractivity contribution is 7.92. The van der Waals surface area contributed by atoms with E-state index in [1.165, 1.54) is 36.4 Å². The number of rotatable bonds is 8. The molecule has 0 unspecified atom stereocenters.